The number of aromatic nitrogens is 4. The lowest BCUT2D eigenvalue weighted by molar-refractivity contribution is 0.0996. The molecule has 0 unspecified atom stereocenters. The Balaban J connectivity index is 1.66. The van der Waals surface area contributed by atoms with Gasteiger partial charge in [-0.15, -0.1) is 0 Å². The summed E-state index contributed by atoms with van der Waals surface area (Å²) in [6.07, 6.45) is 0. The molecule has 0 fully saturated rings. The fourth-order valence-corrected chi connectivity index (χ4v) is 4.58. The molecule has 0 aliphatic rings. The van der Waals surface area contributed by atoms with E-state index in [4.69, 9.17) is 22.3 Å². The summed E-state index contributed by atoms with van der Waals surface area (Å²) < 4.78 is 2.94. The molecule has 4 aromatic carbocycles. The summed E-state index contributed by atoms with van der Waals surface area (Å²) in [5, 5.41) is 4.97. The van der Waals surface area contributed by atoms with Crippen molar-refractivity contribution in [2.24, 2.45) is 5.73 Å². The second kappa shape index (κ2) is 9.46. The van der Waals surface area contributed by atoms with Crippen molar-refractivity contribution in [3.63, 3.8) is 0 Å². The number of halogens is 1. The molecule has 0 atom stereocenters. The standard InChI is InChI=1S/C30H20ClN5O2/c31-22-15-17-23(18-16-22)35-28(21-13-11-20(12-14-21)19-7-3-1-4-8-19)33-29-25(30(35)38)26(27(32)37)34-36(29)24-9-5-2-6-10-24/h1-18H,(H2,32,37). The smallest absolute Gasteiger partial charge is 0.270 e. The fourth-order valence-electron chi connectivity index (χ4n) is 4.46. The van der Waals surface area contributed by atoms with Crippen LogP contribution in [-0.2, 0) is 0 Å². The molecule has 8 heteroatoms. The van der Waals surface area contributed by atoms with Gasteiger partial charge in [0.25, 0.3) is 11.5 Å². The van der Waals surface area contributed by atoms with Crippen LogP contribution in [-0.4, -0.2) is 25.2 Å². The summed E-state index contributed by atoms with van der Waals surface area (Å²) in [7, 11) is 0. The maximum atomic E-state index is 14.1. The number of benzene rings is 4. The molecular weight excluding hydrogens is 498 g/mol. The molecule has 184 valence electrons. The van der Waals surface area contributed by atoms with Crippen molar-refractivity contribution in [3.05, 3.63) is 130 Å². The Bertz CT molecular complexity index is 1840. The Morgan fingerprint density at radius 2 is 1.29 bits per heavy atom. The van der Waals surface area contributed by atoms with Gasteiger partial charge in [-0.25, -0.2) is 9.67 Å². The normalized spacial score (nSPS) is 11.1. The number of carbonyl (C=O) groups excluding carboxylic acids is 1. The van der Waals surface area contributed by atoms with Crippen LogP contribution in [0.1, 0.15) is 10.5 Å². The van der Waals surface area contributed by atoms with Crippen LogP contribution in [0.5, 0.6) is 0 Å². The first kappa shape index (κ1) is 23.4. The molecule has 0 saturated heterocycles. The van der Waals surface area contributed by atoms with Crippen LogP contribution >= 0.6 is 11.6 Å². The molecular formula is C30H20ClN5O2. The Morgan fingerprint density at radius 1 is 0.711 bits per heavy atom. The lowest BCUT2D eigenvalue weighted by atomic mass is 10.0. The van der Waals surface area contributed by atoms with Gasteiger partial charge in [-0.3, -0.25) is 14.2 Å². The van der Waals surface area contributed by atoms with E-state index >= 15 is 0 Å². The molecule has 0 aliphatic carbocycles. The highest BCUT2D eigenvalue weighted by Crippen LogP contribution is 2.28. The quantitative estimate of drug-likeness (QED) is 0.319. The Kier molecular flexibility index (Phi) is 5.82. The van der Waals surface area contributed by atoms with Crippen molar-refractivity contribution in [1.82, 2.24) is 19.3 Å². The molecule has 0 spiro atoms. The second-order valence-corrected chi connectivity index (χ2v) is 9.09. The average Bonchev–Trinajstić information content (AvgIpc) is 3.35. The van der Waals surface area contributed by atoms with Gasteiger partial charge in [-0.2, -0.15) is 5.10 Å². The van der Waals surface area contributed by atoms with E-state index in [9.17, 15) is 9.59 Å². The van der Waals surface area contributed by atoms with E-state index < -0.39 is 11.5 Å². The van der Waals surface area contributed by atoms with Crippen LogP contribution in [0.2, 0.25) is 5.02 Å². The maximum absolute atomic E-state index is 14.1. The molecule has 2 heterocycles. The zero-order chi connectivity index (χ0) is 26.2. The van der Waals surface area contributed by atoms with Gasteiger partial charge >= 0.3 is 0 Å². The van der Waals surface area contributed by atoms with Gasteiger partial charge in [0.15, 0.2) is 11.3 Å². The lowest BCUT2D eigenvalue weighted by Gasteiger charge is -2.14. The lowest BCUT2D eigenvalue weighted by Crippen LogP contribution is -2.24. The van der Waals surface area contributed by atoms with E-state index in [1.54, 1.807) is 24.3 Å². The van der Waals surface area contributed by atoms with Gasteiger partial charge < -0.3 is 5.73 Å². The van der Waals surface area contributed by atoms with Crippen LogP contribution in [0.25, 0.3) is 44.9 Å². The number of nitrogens with zero attached hydrogens (tertiary/aromatic N) is 4. The van der Waals surface area contributed by atoms with Crippen molar-refractivity contribution in [1.29, 1.82) is 0 Å². The predicted octanol–water partition coefficient (Wildman–Crippen LogP) is 5.66. The van der Waals surface area contributed by atoms with Gasteiger partial charge in [0.1, 0.15) is 11.2 Å². The molecule has 2 N–H and O–H groups in total. The SMILES string of the molecule is NC(=O)c1nn(-c2ccccc2)c2nc(-c3ccc(-c4ccccc4)cc3)n(-c3ccc(Cl)cc3)c(=O)c12. The van der Waals surface area contributed by atoms with E-state index in [0.717, 1.165) is 11.1 Å². The van der Waals surface area contributed by atoms with Gasteiger partial charge in [0, 0.05) is 10.6 Å². The zero-order valence-electron chi connectivity index (χ0n) is 20.0. The number of hydrogen-bond acceptors (Lipinski definition) is 4. The number of carbonyl (C=O) groups is 1. The summed E-state index contributed by atoms with van der Waals surface area (Å²) in [6, 6.07) is 33.8. The minimum atomic E-state index is -0.814. The third-order valence-electron chi connectivity index (χ3n) is 6.27. The number of rotatable bonds is 5. The molecule has 6 rings (SSSR count). The molecule has 38 heavy (non-hydrogen) atoms. The number of hydrogen-bond donors (Lipinski definition) is 1. The zero-order valence-corrected chi connectivity index (χ0v) is 20.7. The number of fused-ring (bicyclic) bond motifs is 1. The first-order valence-corrected chi connectivity index (χ1v) is 12.2. The van der Waals surface area contributed by atoms with Crippen molar-refractivity contribution in [3.8, 4) is 33.9 Å². The first-order chi connectivity index (χ1) is 18.5. The van der Waals surface area contributed by atoms with E-state index in [1.165, 1.54) is 9.25 Å². The summed E-state index contributed by atoms with van der Waals surface area (Å²) in [5.74, 6) is -0.427. The molecule has 0 saturated carbocycles. The molecule has 6 aromatic rings. The Hall–Kier alpha value is -5.01. The van der Waals surface area contributed by atoms with Gasteiger partial charge in [0.2, 0.25) is 0 Å². The van der Waals surface area contributed by atoms with Crippen molar-refractivity contribution < 1.29 is 4.79 Å². The van der Waals surface area contributed by atoms with Crippen molar-refractivity contribution in [2.45, 2.75) is 0 Å². The van der Waals surface area contributed by atoms with Crippen molar-refractivity contribution >= 4 is 28.5 Å². The highest BCUT2D eigenvalue weighted by molar-refractivity contribution is 6.30. The Morgan fingerprint density at radius 3 is 1.92 bits per heavy atom. The van der Waals surface area contributed by atoms with Crippen LogP contribution in [0.3, 0.4) is 0 Å². The van der Waals surface area contributed by atoms with Crippen LogP contribution in [0, 0.1) is 0 Å². The second-order valence-electron chi connectivity index (χ2n) is 8.65. The summed E-state index contributed by atoms with van der Waals surface area (Å²) in [5.41, 5.74) is 9.29. The highest BCUT2D eigenvalue weighted by atomic mass is 35.5. The van der Waals surface area contributed by atoms with Crippen LogP contribution < -0.4 is 11.3 Å². The largest absolute Gasteiger partial charge is 0.364 e. The van der Waals surface area contributed by atoms with Crippen LogP contribution in [0.4, 0.5) is 0 Å². The third kappa shape index (κ3) is 4.05. The average molecular weight is 518 g/mol. The first-order valence-electron chi connectivity index (χ1n) is 11.8. The summed E-state index contributed by atoms with van der Waals surface area (Å²) >= 11 is 6.13. The van der Waals surface area contributed by atoms with E-state index in [0.29, 0.717) is 27.8 Å². The number of nitrogens with two attached hydrogens (primary N) is 1. The number of primary amides is 1. The molecule has 0 aliphatic heterocycles. The molecule has 0 radical (unpaired) electrons. The van der Waals surface area contributed by atoms with Gasteiger partial charge in [0.05, 0.1) is 11.4 Å². The van der Waals surface area contributed by atoms with Crippen LogP contribution in [0.15, 0.2) is 114 Å². The molecule has 1 amide bonds. The summed E-state index contributed by atoms with van der Waals surface area (Å²) in [6.45, 7) is 0. The van der Waals surface area contributed by atoms with Gasteiger partial charge in [-0.1, -0.05) is 84.4 Å². The highest BCUT2D eigenvalue weighted by Gasteiger charge is 2.25. The topological polar surface area (TPSA) is 95.8 Å². The number of amides is 1. The predicted molar refractivity (Wildman–Crippen MR) is 149 cm³/mol. The summed E-state index contributed by atoms with van der Waals surface area (Å²) in [4.78, 5) is 31.4. The van der Waals surface area contributed by atoms with E-state index in [1.807, 2.05) is 84.9 Å². The molecule has 2 aromatic heterocycles. The minimum absolute atomic E-state index is 0.0426. The Labute approximate surface area is 222 Å². The maximum Gasteiger partial charge on any atom is 0.270 e. The monoisotopic (exact) mass is 517 g/mol. The number of para-hydroxylation sites is 1. The van der Waals surface area contributed by atoms with E-state index in [2.05, 4.69) is 5.10 Å². The van der Waals surface area contributed by atoms with Gasteiger partial charge in [-0.05, 0) is 47.5 Å². The fraction of sp³-hybridized carbons (Fsp3) is 0. The third-order valence-corrected chi connectivity index (χ3v) is 6.52. The van der Waals surface area contributed by atoms with E-state index in [-0.39, 0.29) is 16.7 Å². The molecule has 7 nitrogen and oxygen atoms in total. The van der Waals surface area contributed by atoms with Crippen molar-refractivity contribution in [2.75, 3.05) is 0 Å². The minimum Gasteiger partial charge on any atom is -0.364 e. The molecule has 0 bridgehead atoms.